The molecule has 2 rings (SSSR count). The summed E-state index contributed by atoms with van der Waals surface area (Å²) in [5.41, 5.74) is 1.40. The summed E-state index contributed by atoms with van der Waals surface area (Å²) in [6.45, 7) is 0. The van der Waals surface area contributed by atoms with Crippen LogP contribution in [0.2, 0.25) is 0 Å². The molecule has 1 aromatic carbocycles. The molecule has 1 aromatic rings. The summed E-state index contributed by atoms with van der Waals surface area (Å²) in [6, 6.07) is 6.98. The molecule has 0 saturated carbocycles. The Kier molecular flexibility index (Phi) is 3.21. The Labute approximate surface area is 102 Å². The van der Waals surface area contributed by atoms with E-state index in [4.69, 9.17) is 0 Å². The lowest BCUT2D eigenvalue weighted by atomic mass is 10.1. The van der Waals surface area contributed by atoms with Crippen molar-refractivity contribution in [2.75, 3.05) is 12.5 Å². The van der Waals surface area contributed by atoms with Gasteiger partial charge in [-0.2, -0.15) is 0 Å². The number of carbonyl (C=O) groups is 2. The number of ketones is 2. The number of hydrogen-bond donors (Lipinski definition) is 0. The van der Waals surface area contributed by atoms with E-state index in [0.717, 1.165) is 4.24 Å². The Balaban J connectivity index is 2.63. The molecule has 0 unspecified atom stereocenters. The second-order valence-corrected chi connectivity index (χ2v) is 5.17. The monoisotopic (exact) mass is 250 g/mol. The maximum atomic E-state index is 12.1. The van der Waals surface area contributed by atoms with Crippen molar-refractivity contribution < 1.29 is 9.59 Å². The van der Waals surface area contributed by atoms with E-state index in [0.29, 0.717) is 16.7 Å². The predicted octanol–water partition coefficient (Wildman–Crippen LogP) is 3.00. The van der Waals surface area contributed by atoms with Crippen LogP contribution in [-0.2, 0) is 0 Å². The second-order valence-electron chi connectivity index (χ2n) is 3.27. The molecule has 2 nitrogen and oxygen atoms in total. The number of Topliss-reactive ketones (excluding diaryl/α,β-unsaturated/α-hetero) is 2. The van der Waals surface area contributed by atoms with Gasteiger partial charge in [0.1, 0.15) is 0 Å². The van der Waals surface area contributed by atoms with Crippen LogP contribution in [0.5, 0.6) is 0 Å². The zero-order chi connectivity index (χ0) is 11.7. The van der Waals surface area contributed by atoms with Crippen LogP contribution in [0.1, 0.15) is 20.7 Å². The van der Waals surface area contributed by atoms with Gasteiger partial charge in [0.05, 0.1) is 9.81 Å². The van der Waals surface area contributed by atoms with Crippen LogP contribution >= 0.6 is 23.5 Å². The molecule has 0 heterocycles. The van der Waals surface area contributed by atoms with E-state index in [1.165, 1.54) is 23.5 Å². The van der Waals surface area contributed by atoms with Gasteiger partial charge in [-0.3, -0.25) is 9.59 Å². The molecule has 82 valence electrons. The molecule has 0 N–H and O–H groups in total. The molecule has 0 aliphatic heterocycles. The number of rotatable bonds is 2. The zero-order valence-corrected chi connectivity index (χ0v) is 10.6. The fraction of sp³-hybridized carbons (Fsp3) is 0.167. The number of thioether (sulfide) groups is 2. The van der Waals surface area contributed by atoms with Crippen molar-refractivity contribution in [1.29, 1.82) is 0 Å². The maximum Gasteiger partial charge on any atom is 0.199 e. The van der Waals surface area contributed by atoms with E-state index in [1.807, 2.05) is 12.5 Å². The Morgan fingerprint density at radius 3 is 1.75 bits per heavy atom. The van der Waals surface area contributed by atoms with Crippen molar-refractivity contribution in [1.82, 2.24) is 0 Å². The van der Waals surface area contributed by atoms with Crippen LogP contribution < -0.4 is 0 Å². The van der Waals surface area contributed by atoms with E-state index in [2.05, 4.69) is 0 Å². The van der Waals surface area contributed by atoms with Gasteiger partial charge < -0.3 is 0 Å². The highest BCUT2D eigenvalue weighted by atomic mass is 32.2. The molecule has 4 heteroatoms. The molecule has 0 bridgehead atoms. The van der Waals surface area contributed by atoms with Gasteiger partial charge >= 0.3 is 0 Å². The van der Waals surface area contributed by atoms with Gasteiger partial charge in [0.15, 0.2) is 11.6 Å². The summed E-state index contributed by atoms with van der Waals surface area (Å²) < 4.78 is 0.797. The highest BCUT2D eigenvalue weighted by molar-refractivity contribution is 8.21. The normalized spacial score (nSPS) is 14.2. The topological polar surface area (TPSA) is 34.1 Å². The molecule has 16 heavy (non-hydrogen) atoms. The minimum absolute atomic E-state index is 0.140. The van der Waals surface area contributed by atoms with Crippen molar-refractivity contribution in [2.24, 2.45) is 0 Å². The van der Waals surface area contributed by atoms with Crippen molar-refractivity contribution in [3.8, 4) is 0 Å². The first kappa shape index (κ1) is 11.5. The first-order valence-corrected chi connectivity index (χ1v) is 7.16. The van der Waals surface area contributed by atoms with Gasteiger partial charge in [0, 0.05) is 11.1 Å². The van der Waals surface area contributed by atoms with Crippen LogP contribution in [0.4, 0.5) is 0 Å². The van der Waals surface area contributed by atoms with Crippen molar-refractivity contribution in [3.63, 3.8) is 0 Å². The van der Waals surface area contributed by atoms with E-state index in [1.54, 1.807) is 24.3 Å². The summed E-state index contributed by atoms with van der Waals surface area (Å²) >= 11 is 2.89. The average Bonchev–Trinajstić information content (AvgIpc) is 2.57. The minimum Gasteiger partial charge on any atom is -0.288 e. The molecule has 0 spiro atoms. The molecule has 0 atom stereocenters. The number of carbonyl (C=O) groups excluding carboxylic acids is 2. The van der Waals surface area contributed by atoms with Crippen molar-refractivity contribution in [3.05, 3.63) is 45.2 Å². The highest BCUT2D eigenvalue weighted by Crippen LogP contribution is 2.35. The molecule has 0 fully saturated rings. The molecular weight excluding hydrogens is 240 g/mol. The van der Waals surface area contributed by atoms with E-state index < -0.39 is 0 Å². The number of hydrogen-bond acceptors (Lipinski definition) is 4. The Bertz CT molecular complexity index is 460. The Morgan fingerprint density at radius 2 is 1.38 bits per heavy atom. The molecule has 0 radical (unpaired) electrons. The molecule has 0 saturated heterocycles. The third kappa shape index (κ3) is 1.62. The van der Waals surface area contributed by atoms with Crippen LogP contribution in [0.15, 0.2) is 34.1 Å². The fourth-order valence-electron chi connectivity index (χ4n) is 1.72. The lowest BCUT2D eigenvalue weighted by Gasteiger charge is -2.01. The molecular formula is C12H10O2S2. The number of allylic oxidation sites excluding steroid dienone is 1. The van der Waals surface area contributed by atoms with Crippen molar-refractivity contribution in [2.45, 2.75) is 0 Å². The number of benzene rings is 1. The quantitative estimate of drug-likeness (QED) is 0.597. The van der Waals surface area contributed by atoms with Crippen LogP contribution in [-0.4, -0.2) is 24.1 Å². The first-order chi connectivity index (χ1) is 7.70. The molecule has 1 aliphatic rings. The lowest BCUT2D eigenvalue weighted by molar-refractivity contribution is 0.0989. The summed E-state index contributed by atoms with van der Waals surface area (Å²) in [5, 5.41) is 0. The second kappa shape index (κ2) is 4.47. The van der Waals surface area contributed by atoms with E-state index in [-0.39, 0.29) is 11.6 Å². The van der Waals surface area contributed by atoms with Gasteiger partial charge in [0.2, 0.25) is 0 Å². The van der Waals surface area contributed by atoms with E-state index in [9.17, 15) is 9.59 Å². The van der Waals surface area contributed by atoms with Crippen LogP contribution in [0.3, 0.4) is 0 Å². The Hall–Kier alpha value is -1.00. The molecule has 0 amide bonds. The lowest BCUT2D eigenvalue weighted by Crippen LogP contribution is -2.02. The van der Waals surface area contributed by atoms with Gasteiger partial charge in [-0.25, -0.2) is 0 Å². The minimum atomic E-state index is -0.140. The van der Waals surface area contributed by atoms with E-state index >= 15 is 0 Å². The van der Waals surface area contributed by atoms with Gasteiger partial charge in [-0.05, 0) is 12.5 Å². The average molecular weight is 250 g/mol. The summed E-state index contributed by atoms with van der Waals surface area (Å²) in [4.78, 5) is 24.1. The van der Waals surface area contributed by atoms with Gasteiger partial charge in [-0.15, -0.1) is 23.5 Å². The maximum absolute atomic E-state index is 12.1. The highest BCUT2D eigenvalue weighted by Gasteiger charge is 2.34. The van der Waals surface area contributed by atoms with Crippen molar-refractivity contribution >= 4 is 35.1 Å². The number of fused-ring (bicyclic) bond motifs is 1. The molecule has 0 aromatic heterocycles. The third-order valence-corrected chi connectivity index (χ3v) is 4.60. The first-order valence-electron chi connectivity index (χ1n) is 4.71. The fourth-order valence-corrected chi connectivity index (χ4v) is 3.17. The summed E-state index contributed by atoms with van der Waals surface area (Å²) in [7, 11) is 0. The predicted molar refractivity (Wildman–Crippen MR) is 69.2 cm³/mol. The SMILES string of the molecule is CSC(SC)=C1C(=O)c2ccccc2C1=O. The largest absolute Gasteiger partial charge is 0.288 e. The van der Waals surface area contributed by atoms with Crippen LogP contribution in [0, 0.1) is 0 Å². The van der Waals surface area contributed by atoms with Crippen LogP contribution in [0.25, 0.3) is 0 Å². The third-order valence-electron chi connectivity index (χ3n) is 2.45. The zero-order valence-electron chi connectivity index (χ0n) is 8.94. The van der Waals surface area contributed by atoms with Gasteiger partial charge in [-0.1, -0.05) is 24.3 Å². The Morgan fingerprint density at radius 1 is 0.938 bits per heavy atom. The summed E-state index contributed by atoms with van der Waals surface area (Å²) in [6.07, 6.45) is 3.75. The standard InChI is InChI=1S/C12H10O2S2/c1-15-12(16-2)9-10(13)7-5-3-4-6-8(7)11(9)14/h3-6H,1-2H3. The smallest absolute Gasteiger partial charge is 0.199 e. The molecule has 1 aliphatic carbocycles. The van der Waals surface area contributed by atoms with Gasteiger partial charge in [0.25, 0.3) is 0 Å². The summed E-state index contributed by atoms with van der Waals surface area (Å²) in [5.74, 6) is -0.279.